The van der Waals surface area contributed by atoms with Crippen molar-refractivity contribution in [2.75, 3.05) is 26.2 Å². The zero-order chi connectivity index (χ0) is 13.8. The molecule has 3 aliphatic rings. The smallest absolute Gasteiger partial charge is 0.225 e. The van der Waals surface area contributed by atoms with Gasteiger partial charge in [0.15, 0.2) is 0 Å². The molecule has 2 aliphatic heterocycles. The molecule has 0 bridgehead atoms. The van der Waals surface area contributed by atoms with Crippen LogP contribution >= 0.6 is 12.4 Å². The third-order valence-corrected chi connectivity index (χ3v) is 5.92. The molecule has 1 amide bonds. The highest BCUT2D eigenvalue weighted by Gasteiger charge is 2.38. The lowest BCUT2D eigenvalue weighted by Gasteiger charge is -2.40. The average molecular weight is 315 g/mol. The van der Waals surface area contributed by atoms with E-state index in [1.807, 2.05) is 0 Å². The number of nitrogens with one attached hydrogen (secondary N) is 1. The number of piperidine rings is 1. The summed E-state index contributed by atoms with van der Waals surface area (Å²) in [5, 5.41) is 3.50. The Balaban J connectivity index is 0.00000161. The fraction of sp³-hybridized carbons (Fsp3) is 0.941. The minimum Gasteiger partial charge on any atom is -0.342 e. The van der Waals surface area contributed by atoms with Crippen LogP contribution in [0.1, 0.15) is 64.2 Å². The zero-order valence-electron chi connectivity index (χ0n) is 13.2. The van der Waals surface area contributed by atoms with E-state index >= 15 is 0 Å². The first-order chi connectivity index (χ1) is 9.79. The minimum atomic E-state index is 0. The van der Waals surface area contributed by atoms with E-state index in [2.05, 4.69) is 10.2 Å². The fourth-order valence-corrected chi connectivity index (χ4v) is 4.39. The highest BCUT2D eigenvalue weighted by molar-refractivity contribution is 5.85. The maximum Gasteiger partial charge on any atom is 0.225 e. The van der Waals surface area contributed by atoms with Crippen LogP contribution in [-0.4, -0.2) is 37.0 Å². The number of halogens is 1. The highest BCUT2D eigenvalue weighted by atomic mass is 35.5. The van der Waals surface area contributed by atoms with Crippen molar-refractivity contribution in [2.45, 2.75) is 64.2 Å². The standard InChI is InChI=1S/C17H30N2O.ClH/c20-16(15-6-4-2-1-3-5-7-15)19-12-9-17(10-13-19)8-11-18-14-17;/h15,18H,1-14H2;1H. The average Bonchev–Trinajstić information content (AvgIpc) is 2.87. The summed E-state index contributed by atoms with van der Waals surface area (Å²) in [6.45, 7) is 4.38. The van der Waals surface area contributed by atoms with Gasteiger partial charge in [-0.25, -0.2) is 0 Å². The second-order valence-corrected chi connectivity index (χ2v) is 7.29. The highest BCUT2D eigenvalue weighted by Crippen LogP contribution is 2.37. The number of nitrogens with zero attached hydrogens (tertiary/aromatic N) is 1. The molecule has 0 radical (unpaired) electrons. The Labute approximate surface area is 135 Å². The van der Waals surface area contributed by atoms with E-state index in [-0.39, 0.29) is 12.4 Å². The third-order valence-electron chi connectivity index (χ3n) is 5.92. The van der Waals surface area contributed by atoms with Gasteiger partial charge >= 0.3 is 0 Å². The molecule has 1 aliphatic carbocycles. The Morgan fingerprint density at radius 2 is 1.57 bits per heavy atom. The quantitative estimate of drug-likeness (QED) is 0.805. The van der Waals surface area contributed by atoms with E-state index in [9.17, 15) is 4.79 Å². The van der Waals surface area contributed by atoms with Crippen LogP contribution < -0.4 is 5.32 Å². The molecule has 2 heterocycles. The van der Waals surface area contributed by atoms with Crippen LogP contribution in [0.15, 0.2) is 0 Å². The summed E-state index contributed by atoms with van der Waals surface area (Å²) in [7, 11) is 0. The molecule has 21 heavy (non-hydrogen) atoms. The second-order valence-electron chi connectivity index (χ2n) is 7.29. The van der Waals surface area contributed by atoms with Crippen LogP contribution in [-0.2, 0) is 4.79 Å². The van der Waals surface area contributed by atoms with E-state index in [0.29, 0.717) is 17.2 Å². The molecule has 3 rings (SSSR count). The molecule has 3 nitrogen and oxygen atoms in total. The van der Waals surface area contributed by atoms with Crippen LogP contribution in [0, 0.1) is 11.3 Å². The third kappa shape index (κ3) is 4.13. The van der Waals surface area contributed by atoms with Gasteiger partial charge in [0.1, 0.15) is 0 Å². The van der Waals surface area contributed by atoms with E-state index in [1.54, 1.807) is 0 Å². The van der Waals surface area contributed by atoms with Gasteiger partial charge in [-0.15, -0.1) is 12.4 Å². The van der Waals surface area contributed by atoms with E-state index in [1.165, 1.54) is 64.5 Å². The van der Waals surface area contributed by atoms with Crippen molar-refractivity contribution in [3.63, 3.8) is 0 Å². The van der Waals surface area contributed by atoms with Gasteiger partial charge in [0.05, 0.1) is 0 Å². The van der Waals surface area contributed by atoms with Crippen LogP contribution in [0.4, 0.5) is 0 Å². The van der Waals surface area contributed by atoms with Gasteiger partial charge in [-0.3, -0.25) is 4.79 Å². The van der Waals surface area contributed by atoms with Crippen molar-refractivity contribution in [2.24, 2.45) is 11.3 Å². The molecule has 0 aromatic rings. The lowest BCUT2D eigenvalue weighted by Crippen LogP contribution is -2.46. The molecule has 2 saturated heterocycles. The summed E-state index contributed by atoms with van der Waals surface area (Å²) in [5.41, 5.74) is 0.526. The Bertz CT molecular complexity index is 324. The molecular formula is C17H31ClN2O. The monoisotopic (exact) mass is 314 g/mol. The molecule has 122 valence electrons. The Kier molecular flexibility index (Phi) is 6.36. The number of likely N-dealkylation sites (tertiary alicyclic amines) is 1. The van der Waals surface area contributed by atoms with Crippen molar-refractivity contribution in [1.29, 1.82) is 0 Å². The van der Waals surface area contributed by atoms with Crippen molar-refractivity contribution >= 4 is 18.3 Å². The molecule has 0 unspecified atom stereocenters. The lowest BCUT2D eigenvalue weighted by molar-refractivity contribution is -0.138. The maximum absolute atomic E-state index is 12.7. The molecule has 4 heteroatoms. The van der Waals surface area contributed by atoms with Crippen molar-refractivity contribution in [3.8, 4) is 0 Å². The van der Waals surface area contributed by atoms with E-state index in [0.717, 1.165) is 25.9 Å². The van der Waals surface area contributed by atoms with Gasteiger partial charge < -0.3 is 10.2 Å². The summed E-state index contributed by atoms with van der Waals surface area (Å²) in [5.74, 6) is 0.818. The first kappa shape index (κ1) is 17.1. The summed E-state index contributed by atoms with van der Waals surface area (Å²) in [6.07, 6.45) is 12.6. The lowest BCUT2D eigenvalue weighted by atomic mass is 9.77. The molecular weight excluding hydrogens is 284 g/mol. The van der Waals surface area contributed by atoms with Gasteiger partial charge in [-0.05, 0) is 44.1 Å². The fourth-order valence-electron chi connectivity index (χ4n) is 4.39. The van der Waals surface area contributed by atoms with Gasteiger partial charge in [-0.2, -0.15) is 0 Å². The first-order valence-corrected chi connectivity index (χ1v) is 8.79. The first-order valence-electron chi connectivity index (χ1n) is 8.79. The zero-order valence-corrected chi connectivity index (χ0v) is 14.1. The van der Waals surface area contributed by atoms with Crippen LogP contribution in [0.5, 0.6) is 0 Å². The van der Waals surface area contributed by atoms with Gasteiger partial charge in [0.2, 0.25) is 5.91 Å². The Hall–Kier alpha value is -0.280. The number of amides is 1. The molecule has 1 spiro atoms. The van der Waals surface area contributed by atoms with E-state index < -0.39 is 0 Å². The number of hydrogen-bond donors (Lipinski definition) is 1. The second kappa shape index (κ2) is 7.82. The number of rotatable bonds is 1. The van der Waals surface area contributed by atoms with Crippen molar-refractivity contribution in [3.05, 3.63) is 0 Å². The van der Waals surface area contributed by atoms with E-state index in [4.69, 9.17) is 0 Å². The largest absolute Gasteiger partial charge is 0.342 e. The SMILES string of the molecule is Cl.O=C(C1CCCCCCC1)N1CCC2(CCNC2)CC1. The maximum atomic E-state index is 12.7. The molecule has 1 N–H and O–H groups in total. The number of carbonyl (C=O) groups is 1. The van der Waals surface area contributed by atoms with Crippen LogP contribution in [0.25, 0.3) is 0 Å². The predicted octanol–water partition coefficient (Wildman–Crippen LogP) is 3.37. The summed E-state index contributed by atoms with van der Waals surface area (Å²) >= 11 is 0. The Morgan fingerprint density at radius 3 is 2.14 bits per heavy atom. The van der Waals surface area contributed by atoms with Gasteiger partial charge in [0.25, 0.3) is 0 Å². The molecule has 0 atom stereocenters. The topological polar surface area (TPSA) is 32.3 Å². The minimum absolute atomic E-state index is 0. The molecule has 1 saturated carbocycles. The molecule has 0 aromatic carbocycles. The van der Waals surface area contributed by atoms with Crippen LogP contribution in [0.2, 0.25) is 0 Å². The van der Waals surface area contributed by atoms with Crippen molar-refractivity contribution < 1.29 is 4.79 Å². The summed E-state index contributed by atoms with van der Waals surface area (Å²) in [6, 6.07) is 0. The number of carbonyl (C=O) groups excluding carboxylic acids is 1. The normalized spacial score (nSPS) is 27.0. The van der Waals surface area contributed by atoms with Crippen LogP contribution in [0.3, 0.4) is 0 Å². The molecule has 0 aromatic heterocycles. The van der Waals surface area contributed by atoms with Crippen molar-refractivity contribution in [1.82, 2.24) is 10.2 Å². The summed E-state index contributed by atoms with van der Waals surface area (Å²) in [4.78, 5) is 14.9. The van der Waals surface area contributed by atoms with Gasteiger partial charge in [0, 0.05) is 25.6 Å². The summed E-state index contributed by atoms with van der Waals surface area (Å²) < 4.78 is 0. The predicted molar refractivity (Wildman–Crippen MR) is 88.8 cm³/mol. The van der Waals surface area contributed by atoms with Gasteiger partial charge in [-0.1, -0.05) is 32.1 Å². The number of hydrogen-bond acceptors (Lipinski definition) is 2. The Morgan fingerprint density at radius 1 is 0.952 bits per heavy atom. The molecule has 3 fully saturated rings.